The molecule has 104 valence electrons. The van der Waals surface area contributed by atoms with Crippen molar-refractivity contribution in [1.29, 1.82) is 0 Å². The van der Waals surface area contributed by atoms with Crippen molar-refractivity contribution in [3.8, 4) is 0 Å². The van der Waals surface area contributed by atoms with Gasteiger partial charge in [0.1, 0.15) is 0 Å². The summed E-state index contributed by atoms with van der Waals surface area (Å²) in [5, 5.41) is 0.617. The number of hydrogen-bond acceptors (Lipinski definition) is 5. The van der Waals surface area contributed by atoms with E-state index in [0.29, 0.717) is 16.4 Å². The number of amides is 1. The van der Waals surface area contributed by atoms with Crippen molar-refractivity contribution in [3.05, 3.63) is 41.7 Å². The number of aryl methyl sites for hydroxylation is 1. The molecule has 0 aliphatic carbocycles. The molecule has 2 aromatic rings. The number of aromatic nitrogens is 2. The molecule has 0 fully saturated rings. The lowest BCUT2D eigenvalue weighted by molar-refractivity contribution is 0.0827. The number of rotatable bonds is 3. The molecule has 20 heavy (non-hydrogen) atoms. The molecule has 2 N–H and O–H groups in total. The van der Waals surface area contributed by atoms with E-state index in [4.69, 9.17) is 5.73 Å². The average molecular weight is 288 g/mol. The summed E-state index contributed by atoms with van der Waals surface area (Å²) in [5.74, 6) is -0.0583. The molecule has 6 heteroatoms. The SMILES string of the molecule is Cc1ccnc(Sc2cc(C(=O)N(C)C)ccc2N)n1. The number of nitrogens with zero attached hydrogens (tertiary/aromatic N) is 3. The Labute approximate surface area is 122 Å². The van der Waals surface area contributed by atoms with Crippen molar-refractivity contribution in [1.82, 2.24) is 14.9 Å². The monoisotopic (exact) mass is 288 g/mol. The standard InChI is InChI=1S/C14H16N4OS/c1-9-6-7-16-14(17-9)20-12-8-10(4-5-11(12)15)13(19)18(2)3/h4-8H,15H2,1-3H3. The van der Waals surface area contributed by atoms with Crippen molar-refractivity contribution < 1.29 is 4.79 Å². The minimum atomic E-state index is -0.0583. The molecular weight excluding hydrogens is 272 g/mol. The van der Waals surface area contributed by atoms with Gasteiger partial charge >= 0.3 is 0 Å². The van der Waals surface area contributed by atoms with E-state index in [2.05, 4.69) is 9.97 Å². The number of nitrogen functional groups attached to an aromatic ring is 1. The van der Waals surface area contributed by atoms with E-state index in [0.717, 1.165) is 10.6 Å². The zero-order valence-corrected chi connectivity index (χ0v) is 12.4. The van der Waals surface area contributed by atoms with Gasteiger partial charge in [-0.3, -0.25) is 4.79 Å². The van der Waals surface area contributed by atoms with E-state index in [1.807, 2.05) is 13.0 Å². The van der Waals surface area contributed by atoms with Crippen molar-refractivity contribution in [3.63, 3.8) is 0 Å². The van der Waals surface area contributed by atoms with Crippen LogP contribution in [0.2, 0.25) is 0 Å². The Morgan fingerprint density at radius 1 is 1.30 bits per heavy atom. The highest BCUT2D eigenvalue weighted by Gasteiger charge is 2.12. The first-order valence-electron chi connectivity index (χ1n) is 6.06. The van der Waals surface area contributed by atoms with Crippen molar-refractivity contribution in [2.75, 3.05) is 19.8 Å². The van der Waals surface area contributed by atoms with Crippen LogP contribution in [0.4, 0.5) is 5.69 Å². The van der Waals surface area contributed by atoms with Gasteiger partial charge in [0.25, 0.3) is 5.91 Å². The number of nitrogens with two attached hydrogens (primary N) is 1. The van der Waals surface area contributed by atoms with Gasteiger partial charge in [-0.1, -0.05) is 0 Å². The van der Waals surface area contributed by atoms with E-state index in [1.165, 1.54) is 16.7 Å². The largest absolute Gasteiger partial charge is 0.398 e. The quantitative estimate of drug-likeness (QED) is 0.692. The second-order valence-electron chi connectivity index (χ2n) is 4.53. The maximum absolute atomic E-state index is 12.0. The molecule has 0 saturated heterocycles. The highest BCUT2D eigenvalue weighted by Crippen LogP contribution is 2.30. The molecule has 1 heterocycles. The van der Waals surface area contributed by atoms with Gasteiger partial charge < -0.3 is 10.6 Å². The first kappa shape index (κ1) is 14.3. The van der Waals surface area contributed by atoms with Crippen LogP contribution in [0.15, 0.2) is 40.5 Å². The Balaban J connectivity index is 2.32. The molecule has 0 aliphatic rings. The van der Waals surface area contributed by atoms with E-state index < -0.39 is 0 Å². The lowest BCUT2D eigenvalue weighted by Gasteiger charge is -2.12. The number of anilines is 1. The number of carbonyl (C=O) groups is 1. The van der Waals surface area contributed by atoms with Gasteiger partial charge in [0, 0.05) is 42.1 Å². The summed E-state index contributed by atoms with van der Waals surface area (Å²) < 4.78 is 0. The van der Waals surface area contributed by atoms with E-state index in [1.54, 1.807) is 38.5 Å². The molecule has 0 saturated carbocycles. The maximum Gasteiger partial charge on any atom is 0.253 e. The lowest BCUT2D eigenvalue weighted by atomic mass is 10.2. The fraction of sp³-hybridized carbons (Fsp3) is 0.214. The number of carbonyl (C=O) groups excluding carboxylic acids is 1. The van der Waals surface area contributed by atoms with E-state index in [-0.39, 0.29) is 5.91 Å². The van der Waals surface area contributed by atoms with Crippen LogP contribution in [0.5, 0.6) is 0 Å². The van der Waals surface area contributed by atoms with Crippen LogP contribution in [0.1, 0.15) is 16.1 Å². The third-order valence-corrected chi connectivity index (χ3v) is 3.59. The van der Waals surface area contributed by atoms with Crippen molar-refractivity contribution >= 4 is 23.4 Å². The number of benzene rings is 1. The fourth-order valence-corrected chi connectivity index (χ4v) is 2.46. The molecule has 1 aromatic carbocycles. The van der Waals surface area contributed by atoms with Crippen LogP contribution in [-0.2, 0) is 0 Å². The molecule has 0 radical (unpaired) electrons. The molecule has 1 amide bonds. The molecule has 1 aromatic heterocycles. The molecular formula is C14H16N4OS. The van der Waals surface area contributed by atoms with Gasteiger partial charge in [0.15, 0.2) is 5.16 Å². The second-order valence-corrected chi connectivity index (χ2v) is 5.54. The Hall–Kier alpha value is -2.08. The molecule has 2 rings (SSSR count). The molecule has 0 spiro atoms. The van der Waals surface area contributed by atoms with E-state index in [9.17, 15) is 4.79 Å². The smallest absolute Gasteiger partial charge is 0.253 e. The minimum Gasteiger partial charge on any atom is -0.398 e. The summed E-state index contributed by atoms with van der Waals surface area (Å²) in [6.45, 7) is 1.90. The molecule has 0 atom stereocenters. The van der Waals surface area contributed by atoms with Crippen molar-refractivity contribution in [2.24, 2.45) is 0 Å². The van der Waals surface area contributed by atoms with Crippen LogP contribution in [0, 0.1) is 6.92 Å². The summed E-state index contributed by atoms with van der Waals surface area (Å²) in [4.78, 5) is 22.8. The van der Waals surface area contributed by atoms with Gasteiger partial charge in [-0.15, -0.1) is 0 Å². The third-order valence-electron chi connectivity index (χ3n) is 2.64. The van der Waals surface area contributed by atoms with Crippen LogP contribution >= 0.6 is 11.8 Å². The predicted molar refractivity (Wildman–Crippen MR) is 79.8 cm³/mol. The van der Waals surface area contributed by atoms with Gasteiger partial charge in [-0.2, -0.15) is 0 Å². The van der Waals surface area contributed by atoms with Crippen molar-refractivity contribution in [2.45, 2.75) is 17.0 Å². The summed E-state index contributed by atoms with van der Waals surface area (Å²) in [5.41, 5.74) is 8.04. The molecule has 5 nitrogen and oxygen atoms in total. The summed E-state index contributed by atoms with van der Waals surface area (Å²) in [6, 6.07) is 7.06. The predicted octanol–water partition coefficient (Wildman–Crippen LogP) is 2.22. The number of hydrogen-bond donors (Lipinski definition) is 1. The lowest BCUT2D eigenvalue weighted by Crippen LogP contribution is -2.21. The van der Waals surface area contributed by atoms with Gasteiger partial charge in [0.2, 0.25) is 0 Å². The van der Waals surface area contributed by atoms with Gasteiger partial charge in [0.05, 0.1) is 0 Å². The highest BCUT2D eigenvalue weighted by atomic mass is 32.2. The second kappa shape index (κ2) is 5.92. The summed E-state index contributed by atoms with van der Waals surface area (Å²) in [6.07, 6.45) is 1.70. The third kappa shape index (κ3) is 3.27. The van der Waals surface area contributed by atoms with Crippen LogP contribution in [0.3, 0.4) is 0 Å². The Kier molecular flexibility index (Phi) is 4.24. The average Bonchev–Trinajstić information content (AvgIpc) is 2.40. The van der Waals surface area contributed by atoms with Crippen LogP contribution in [-0.4, -0.2) is 34.9 Å². The maximum atomic E-state index is 12.0. The highest BCUT2D eigenvalue weighted by molar-refractivity contribution is 7.99. The fourth-order valence-electron chi connectivity index (χ4n) is 1.59. The first-order valence-corrected chi connectivity index (χ1v) is 6.87. The zero-order valence-electron chi connectivity index (χ0n) is 11.6. The Morgan fingerprint density at radius 3 is 2.70 bits per heavy atom. The van der Waals surface area contributed by atoms with Crippen LogP contribution < -0.4 is 5.73 Å². The van der Waals surface area contributed by atoms with Gasteiger partial charge in [-0.25, -0.2) is 9.97 Å². The summed E-state index contributed by atoms with van der Waals surface area (Å²) >= 11 is 1.35. The van der Waals surface area contributed by atoms with E-state index >= 15 is 0 Å². The Morgan fingerprint density at radius 2 is 2.05 bits per heavy atom. The van der Waals surface area contributed by atoms with Gasteiger partial charge in [-0.05, 0) is 43.0 Å². The molecule has 0 unspecified atom stereocenters. The topological polar surface area (TPSA) is 72.1 Å². The van der Waals surface area contributed by atoms with Crippen LogP contribution in [0.25, 0.3) is 0 Å². The Bertz CT molecular complexity index is 643. The minimum absolute atomic E-state index is 0.0583. The molecule has 0 aliphatic heterocycles. The normalized spacial score (nSPS) is 10.3. The zero-order chi connectivity index (χ0) is 14.7. The molecule has 0 bridgehead atoms. The first-order chi connectivity index (χ1) is 9.47. The summed E-state index contributed by atoms with van der Waals surface area (Å²) in [7, 11) is 3.43.